The molecule has 0 unspecified atom stereocenters. The summed E-state index contributed by atoms with van der Waals surface area (Å²) in [5.74, 6) is 1.84. The van der Waals surface area contributed by atoms with Gasteiger partial charge in [-0.1, -0.05) is 82.3 Å². The number of benzene rings is 2. The van der Waals surface area contributed by atoms with E-state index < -0.39 is 0 Å². The van der Waals surface area contributed by atoms with Crippen LogP contribution in [0, 0.1) is 0 Å². The number of carbonyl (C=O) groups excluding carboxylic acids is 1. The van der Waals surface area contributed by atoms with E-state index in [1.807, 2.05) is 18.2 Å². The highest BCUT2D eigenvalue weighted by molar-refractivity contribution is 7.99. The molecule has 0 aliphatic carbocycles. The van der Waals surface area contributed by atoms with Gasteiger partial charge in [-0.2, -0.15) is 0 Å². The van der Waals surface area contributed by atoms with Gasteiger partial charge >= 0.3 is 0 Å². The number of carbonyl (C=O) groups is 1. The average Bonchev–Trinajstić information content (AvgIpc) is 3.26. The number of nitrogens with zero attached hydrogens (tertiary/aromatic N) is 4. The number of hydrogen-bond donors (Lipinski definition) is 1. The Kier molecular flexibility index (Phi) is 8.63. The molecule has 2 heterocycles. The van der Waals surface area contributed by atoms with E-state index in [1.165, 1.54) is 42.2 Å². The highest BCUT2D eigenvalue weighted by Gasteiger charge is 2.21. The minimum atomic E-state index is -0.0230. The van der Waals surface area contributed by atoms with E-state index in [2.05, 4.69) is 83.0 Å². The molecule has 1 aliphatic rings. The fourth-order valence-corrected chi connectivity index (χ4v) is 5.42. The number of likely N-dealkylation sites (tertiary alicyclic amines) is 1. The summed E-state index contributed by atoms with van der Waals surface area (Å²) < 4.78 is 2.11. The topological polar surface area (TPSA) is 63.1 Å². The van der Waals surface area contributed by atoms with Gasteiger partial charge in [0.1, 0.15) is 0 Å². The van der Waals surface area contributed by atoms with Gasteiger partial charge in [0.2, 0.25) is 5.91 Å². The molecule has 186 valence electrons. The normalized spacial score (nSPS) is 14.6. The van der Waals surface area contributed by atoms with Gasteiger partial charge in [-0.15, -0.1) is 10.2 Å². The molecule has 2 aromatic carbocycles. The van der Waals surface area contributed by atoms with Crippen molar-refractivity contribution in [3.63, 3.8) is 0 Å². The maximum absolute atomic E-state index is 13.1. The number of hydrogen-bond acceptors (Lipinski definition) is 5. The van der Waals surface area contributed by atoms with Crippen LogP contribution in [-0.4, -0.2) is 44.4 Å². The van der Waals surface area contributed by atoms with Crippen LogP contribution >= 0.6 is 11.8 Å². The maximum atomic E-state index is 13.1. The average molecular weight is 492 g/mol. The van der Waals surface area contributed by atoms with Crippen LogP contribution in [0.25, 0.3) is 5.69 Å². The van der Waals surface area contributed by atoms with E-state index in [0.29, 0.717) is 11.8 Å². The Labute approximate surface area is 213 Å². The summed E-state index contributed by atoms with van der Waals surface area (Å²) in [4.78, 5) is 15.6. The lowest BCUT2D eigenvalue weighted by Crippen LogP contribution is -2.30. The molecule has 0 atom stereocenters. The van der Waals surface area contributed by atoms with Gasteiger partial charge in [0, 0.05) is 11.4 Å². The van der Waals surface area contributed by atoms with E-state index in [-0.39, 0.29) is 11.7 Å². The Balaban J connectivity index is 1.53. The second-order valence-electron chi connectivity index (χ2n) is 9.86. The molecule has 7 heteroatoms. The van der Waals surface area contributed by atoms with Crippen molar-refractivity contribution < 1.29 is 4.79 Å². The molecule has 0 spiro atoms. The predicted octanol–water partition coefficient (Wildman–Crippen LogP) is 6.23. The highest BCUT2D eigenvalue weighted by atomic mass is 32.2. The van der Waals surface area contributed by atoms with Crippen LogP contribution in [0.3, 0.4) is 0 Å². The van der Waals surface area contributed by atoms with Gasteiger partial charge in [0.25, 0.3) is 0 Å². The molecular weight excluding hydrogens is 454 g/mol. The number of rotatable bonds is 9. The number of para-hydroxylation sites is 2. The Hall–Kier alpha value is -2.64. The molecule has 1 amide bonds. The van der Waals surface area contributed by atoms with E-state index >= 15 is 0 Å². The van der Waals surface area contributed by atoms with Crippen molar-refractivity contribution in [2.45, 2.75) is 70.5 Å². The van der Waals surface area contributed by atoms with Crippen LogP contribution in [0.4, 0.5) is 5.69 Å². The van der Waals surface area contributed by atoms with Gasteiger partial charge in [-0.05, 0) is 61.0 Å². The monoisotopic (exact) mass is 491 g/mol. The summed E-state index contributed by atoms with van der Waals surface area (Å²) in [6.07, 6.45) is 3.77. The van der Waals surface area contributed by atoms with Crippen molar-refractivity contribution in [1.82, 2.24) is 19.7 Å². The van der Waals surface area contributed by atoms with Gasteiger partial charge in [-0.25, -0.2) is 0 Å². The largest absolute Gasteiger partial charge is 0.325 e. The quantitative estimate of drug-likeness (QED) is 0.360. The van der Waals surface area contributed by atoms with Gasteiger partial charge in [0.05, 0.1) is 12.3 Å². The predicted molar refractivity (Wildman–Crippen MR) is 144 cm³/mol. The van der Waals surface area contributed by atoms with Crippen molar-refractivity contribution >= 4 is 23.4 Å². The first-order valence-electron chi connectivity index (χ1n) is 12.7. The van der Waals surface area contributed by atoms with E-state index in [0.717, 1.165) is 42.0 Å². The fraction of sp³-hybridized carbons (Fsp3) is 0.464. The second-order valence-corrected chi connectivity index (χ2v) is 10.8. The zero-order valence-electron chi connectivity index (χ0n) is 21.3. The molecule has 35 heavy (non-hydrogen) atoms. The van der Waals surface area contributed by atoms with Gasteiger partial charge in [0.15, 0.2) is 11.0 Å². The molecule has 0 radical (unpaired) electrons. The number of anilines is 1. The molecule has 1 aliphatic heterocycles. The Morgan fingerprint density at radius 1 is 0.914 bits per heavy atom. The molecule has 1 fully saturated rings. The van der Waals surface area contributed by atoms with Crippen LogP contribution in [0.15, 0.2) is 53.7 Å². The van der Waals surface area contributed by atoms with Gasteiger partial charge in [-0.3, -0.25) is 14.3 Å². The first-order valence-corrected chi connectivity index (χ1v) is 13.7. The standard InChI is InChI=1S/C28H37N5OS/c1-20(2)23-14-11-15-24(21(3)4)27(23)29-26(34)19-35-28-31-30-25(18-32-16-9-6-10-17-32)33(28)22-12-7-5-8-13-22/h5,7-8,11-15,20-21H,6,9-10,16-19H2,1-4H3,(H,29,34). The number of thioether (sulfide) groups is 1. The Bertz CT molecular complexity index is 1090. The summed E-state index contributed by atoms with van der Waals surface area (Å²) >= 11 is 1.44. The zero-order chi connectivity index (χ0) is 24.8. The van der Waals surface area contributed by atoms with Crippen molar-refractivity contribution in [3.05, 3.63) is 65.5 Å². The van der Waals surface area contributed by atoms with E-state index in [1.54, 1.807) is 0 Å². The SMILES string of the molecule is CC(C)c1cccc(C(C)C)c1NC(=O)CSc1nnc(CN2CCCCC2)n1-c1ccccc1. The summed E-state index contributed by atoms with van der Waals surface area (Å²) in [7, 11) is 0. The number of piperidine rings is 1. The first kappa shape index (κ1) is 25.5. The van der Waals surface area contributed by atoms with Crippen LogP contribution < -0.4 is 5.32 Å². The summed E-state index contributed by atoms with van der Waals surface area (Å²) in [6.45, 7) is 11.6. The third kappa shape index (κ3) is 6.33. The van der Waals surface area contributed by atoms with Crippen LogP contribution in [0.1, 0.15) is 75.7 Å². The Morgan fingerprint density at radius 3 is 2.20 bits per heavy atom. The lowest BCUT2D eigenvalue weighted by atomic mass is 9.92. The lowest BCUT2D eigenvalue weighted by molar-refractivity contribution is -0.113. The van der Waals surface area contributed by atoms with Crippen LogP contribution in [0.5, 0.6) is 0 Å². The van der Waals surface area contributed by atoms with Crippen molar-refractivity contribution in [1.29, 1.82) is 0 Å². The third-order valence-corrected chi connectivity index (χ3v) is 7.43. The molecule has 1 saturated heterocycles. The molecule has 1 N–H and O–H groups in total. The smallest absolute Gasteiger partial charge is 0.234 e. The maximum Gasteiger partial charge on any atom is 0.234 e. The highest BCUT2D eigenvalue weighted by Crippen LogP contribution is 2.33. The summed E-state index contributed by atoms with van der Waals surface area (Å²) in [6, 6.07) is 16.5. The Morgan fingerprint density at radius 2 is 1.57 bits per heavy atom. The van der Waals surface area contributed by atoms with Crippen molar-refractivity contribution in [3.8, 4) is 5.69 Å². The first-order chi connectivity index (χ1) is 16.9. The summed E-state index contributed by atoms with van der Waals surface area (Å²) in [5.41, 5.74) is 4.33. The third-order valence-electron chi connectivity index (χ3n) is 6.50. The second kappa shape index (κ2) is 11.9. The molecule has 1 aromatic heterocycles. The molecule has 0 bridgehead atoms. The molecule has 6 nitrogen and oxygen atoms in total. The molecule has 0 saturated carbocycles. The fourth-order valence-electron chi connectivity index (χ4n) is 4.65. The summed E-state index contributed by atoms with van der Waals surface area (Å²) in [5, 5.41) is 13.0. The van der Waals surface area contributed by atoms with Crippen molar-refractivity contribution in [2.24, 2.45) is 0 Å². The lowest BCUT2D eigenvalue weighted by Gasteiger charge is -2.26. The van der Waals surface area contributed by atoms with Crippen molar-refractivity contribution in [2.75, 3.05) is 24.2 Å². The molecule has 4 rings (SSSR count). The molecular formula is C28H37N5OS. The van der Waals surface area contributed by atoms with E-state index in [4.69, 9.17) is 0 Å². The number of nitrogens with one attached hydrogen (secondary N) is 1. The minimum Gasteiger partial charge on any atom is -0.325 e. The number of aromatic nitrogens is 3. The minimum absolute atomic E-state index is 0.0230. The van der Waals surface area contributed by atoms with Gasteiger partial charge < -0.3 is 5.32 Å². The van der Waals surface area contributed by atoms with E-state index in [9.17, 15) is 4.79 Å². The molecule has 3 aromatic rings. The van der Waals surface area contributed by atoms with Crippen LogP contribution in [-0.2, 0) is 11.3 Å². The number of amides is 1. The van der Waals surface area contributed by atoms with Crippen LogP contribution in [0.2, 0.25) is 0 Å². The zero-order valence-corrected chi connectivity index (χ0v) is 22.1.